The zero-order valence-electron chi connectivity index (χ0n) is 13.2. The van der Waals surface area contributed by atoms with Gasteiger partial charge in [0.1, 0.15) is 5.75 Å². The van der Waals surface area contributed by atoms with E-state index in [1.54, 1.807) is 0 Å². The summed E-state index contributed by atoms with van der Waals surface area (Å²) < 4.78 is 6.09. The molecule has 112 valence electrons. The van der Waals surface area contributed by atoms with E-state index >= 15 is 0 Å². The Balaban J connectivity index is 1.86. The van der Waals surface area contributed by atoms with Gasteiger partial charge in [0.25, 0.3) is 0 Å². The minimum atomic E-state index is 0.260. The molecule has 1 aromatic carbocycles. The van der Waals surface area contributed by atoms with Crippen LogP contribution >= 0.6 is 0 Å². The minimum Gasteiger partial charge on any atom is -0.491 e. The van der Waals surface area contributed by atoms with E-state index in [0.717, 1.165) is 18.7 Å². The molecule has 0 saturated heterocycles. The Morgan fingerprint density at radius 3 is 2.65 bits per heavy atom. The predicted molar refractivity (Wildman–Crippen MR) is 85.5 cm³/mol. The summed E-state index contributed by atoms with van der Waals surface area (Å²) in [5.74, 6) is 1.04. The van der Waals surface area contributed by atoms with Crippen LogP contribution in [0.1, 0.15) is 57.6 Å². The predicted octanol–water partition coefficient (Wildman–Crippen LogP) is 4.11. The fourth-order valence-corrected chi connectivity index (χ4v) is 3.04. The average Bonchev–Trinajstić information content (AvgIpc) is 2.44. The molecule has 0 spiro atoms. The number of aryl methyl sites for hydroxylation is 2. The van der Waals surface area contributed by atoms with E-state index in [-0.39, 0.29) is 6.10 Å². The Morgan fingerprint density at radius 1 is 1.15 bits per heavy atom. The van der Waals surface area contributed by atoms with Crippen molar-refractivity contribution < 1.29 is 4.74 Å². The fourth-order valence-electron chi connectivity index (χ4n) is 3.04. The lowest BCUT2D eigenvalue weighted by Gasteiger charge is -2.22. The molecule has 0 aliphatic heterocycles. The zero-order valence-corrected chi connectivity index (χ0v) is 13.2. The number of hydrogen-bond donors (Lipinski definition) is 1. The Kier molecular flexibility index (Phi) is 5.90. The average molecular weight is 275 g/mol. The summed E-state index contributed by atoms with van der Waals surface area (Å²) in [7, 11) is 0. The number of ether oxygens (including phenoxy) is 1. The zero-order chi connectivity index (χ0) is 14.4. The van der Waals surface area contributed by atoms with Gasteiger partial charge in [0.15, 0.2) is 0 Å². The van der Waals surface area contributed by atoms with Gasteiger partial charge >= 0.3 is 0 Å². The molecule has 1 aliphatic carbocycles. The van der Waals surface area contributed by atoms with Crippen molar-refractivity contribution in [3.8, 4) is 5.75 Å². The van der Waals surface area contributed by atoms with Crippen molar-refractivity contribution in [1.82, 2.24) is 5.32 Å². The highest BCUT2D eigenvalue weighted by Gasteiger charge is 2.13. The van der Waals surface area contributed by atoms with E-state index in [4.69, 9.17) is 4.74 Å². The Morgan fingerprint density at radius 2 is 1.90 bits per heavy atom. The van der Waals surface area contributed by atoms with Gasteiger partial charge in [0.2, 0.25) is 0 Å². The van der Waals surface area contributed by atoms with E-state index < -0.39 is 0 Å². The van der Waals surface area contributed by atoms with Gasteiger partial charge in [-0.3, -0.25) is 0 Å². The van der Waals surface area contributed by atoms with Crippen molar-refractivity contribution in [3.63, 3.8) is 0 Å². The van der Waals surface area contributed by atoms with Gasteiger partial charge < -0.3 is 10.1 Å². The quantitative estimate of drug-likeness (QED) is 0.808. The molecule has 20 heavy (non-hydrogen) atoms. The van der Waals surface area contributed by atoms with Gasteiger partial charge in [-0.15, -0.1) is 0 Å². The molecule has 1 aromatic rings. The molecule has 0 bridgehead atoms. The fraction of sp³-hybridized carbons (Fsp3) is 0.667. The maximum atomic E-state index is 6.09. The van der Waals surface area contributed by atoms with Crippen LogP contribution in [0.4, 0.5) is 0 Å². The minimum absolute atomic E-state index is 0.260. The maximum Gasteiger partial charge on any atom is 0.119 e. The van der Waals surface area contributed by atoms with Gasteiger partial charge in [-0.05, 0) is 82.2 Å². The number of hydrogen-bond acceptors (Lipinski definition) is 2. The summed E-state index contributed by atoms with van der Waals surface area (Å²) >= 11 is 0. The SMILES string of the molecule is CCCNC(C)CC(C)Oc1ccc2c(c1)CCCC2. The molecule has 0 fully saturated rings. The van der Waals surface area contributed by atoms with Crippen LogP contribution in [0.5, 0.6) is 5.75 Å². The van der Waals surface area contributed by atoms with Crippen LogP contribution in [0, 0.1) is 0 Å². The Hall–Kier alpha value is -1.02. The Labute approximate surface area is 123 Å². The molecule has 2 atom stereocenters. The first-order chi connectivity index (χ1) is 9.69. The van der Waals surface area contributed by atoms with Crippen molar-refractivity contribution in [3.05, 3.63) is 29.3 Å². The number of nitrogens with one attached hydrogen (secondary N) is 1. The summed E-state index contributed by atoms with van der Waals surface area (Å²) in [6.07, 6.45) is 7.62. The summed E-state index contributed by atoms with van der Waals surface area (Å²) in [4.78, 5) is 0. The number of fused-ring (bicyclic) bond motifs is 1. The smallest absolute Gasteiger partial charge is 0.119 e. The largest absolute Gasteiger partial charge is 0.491 e. The van der Waals surface area contributed by atoms with Crippen molar-refractivity contribution in [2.45, 2.75) is 71.4 Å². The maximum absolute atomic E-state index is 6.09. The monoisotopic (exact) mass is 275 g/mol. The summed E-state index contributed by atoms with van der Waals surface area (Å²) in [6.45, 7) is 7.70. The van der Waals surface area contributed by atoms with Gasteiger partial charge in [-0.2, -0.15) is 0 Å². The third kappa shape index (κ3) is 4.52. The standard InChI is InChI=1S/C18H29NO/c1-4-11-19-14(2)12-15(3)20-18-10-9-16-7-5-6-8-17(16)13-18/h9-10,13-15,19H,4-8,11-12H2,1-3H3. The lowest BCUT2D eigenvalue weighted by atomic mass is 9.92. The third-order valence-electron chi connectivity index (χ3n) is 4.09. The van der Waals surface area contributed by atoms with Gasteiger partial charge in [-0.1, -0.05) is 13.0 Å². The van der Waals surface area contributed by atoms with E-state index in [2.05, 4.69) is 44.3 Å². The second-order valence-corrected chi connectivity index (χ2v) is 6.16. The molecule has 0 heterocycles. The molecule has 0 aromatic heterocycles. The second kappa shape index (κ2) is 7.68. The van der Waals surface area contributed by atoms with Crippen molar-refractivity contribution in [2.75, 3.05) is 6.54 Å². The van der Waals surface area contributed by atoms with Gasteiger partial charge in [0.05, 0.1) is 6.10 Å². The van der Waals surface area contributed by atoms with Crippen molar-refractivity contribution >= 4 is 0 Å². The molecule has 1 N–H and O–H groups in total. The molecule has 0 radical (unpaired) electrons. The number of rotatable bonds is 7. The third-order valence-corrected chi connectivity index (χ3v) is 4.09. The molecule has 2 rings (SSSR count). The lowest BCUT2D eigenvalue weighted by Crippen LogP contribution is -2.31. The van der Waals surface area contributed by atoms with Crippen LogP contribution in [0.15, 0.2) is 18.2 Å². The molecule has 0 saturated carbocycles. The molecule has 0 amide bonds. The lowest BCUT2D eigenvalue weighted by molar-refractivity contribution is 0.195. The second-order valence-electron chi connectivity index (χ2n) is 6.16. The Bertz CT molecular complexity index is 416. The van der Waals surface area contributed by atoms with E-state index in [9.17, 15) is 0 Å². The molecular formula is C18H29NO. The van der Waals surface area contributed by atoms with E-state index in [1.807, 2.05) is 0 Å². The normalized spacial score (nSPS) is 17.4. The summed E-state index contributed by atoms with van der Waals surface area (Å²) in [6, 6.07) is 7.18. The van der Waals surface area contributed by atoms with Crippen LogP contribution in [0.25, 0.3) is 0 Å². The first kappa shape index (κ1) is 15.4. The highest BCUT2D eigenvalue weighted by molar-refractivity contribution is 5.37. The van der Waals surface area contributed by atoms with Crippen LogP contribution < -0.4 is 10.1 Å². The topological polar surface area (TPSA) is 21.3 Å². The van der Waals surface area contributed by atoms with Gasteiger partial charge in [-0.25, -0.2) is 0 Å². The first-order valence-electron chi connectivity index (χ1n) is 8.21. The molecule has 2 unspecified atom stereocenters. The van der Waals surface area contributed by atoms with E-state index in [1.165, 1.54) is 43.2 Å². The molecule has 2 heteroatoms. The highest BCUT2D eigenvalue weighted by atomic mass is 16.5. The van der Waals surface area contributed by atoms with Crippen molar-refractivity contribution in [1.29, 1.82) is 0 Å². The van der Waals surface area contributed by atoms with Crippen molar-refractivity contribution in [2.24, 2.45) is 0 Å². The van der Waals surface area contributed by atoms with Crippen LogP contribution in [0.2, 0.25) is 0 Å². The van der Waals surface area contributed by atoms with Crippen LogP contribution in [0.3, 0.4) is 0 Å². The highest BCUT2D eigenvalue weighted by Crippen LogP contribution is 2.26. The summed E-state index contributed by atoms with van der Waals surface area (Å²) in [5, 5.41) is 3.52. The van der Waals surface area contributed by atoms with Gasteiger partial charge in [0, 0.05) is 6.04 Å². The van der Waals surface area contributed by atoms with Crippen LogP contribution in [-0.4, -0.2) is 18.7 Å². The van der Waals surface area contributed by atoms with Crippen LogP contribution in [-0.2, 0) is 12.8 Å². The summed E-state index contributed by atoms with van der Waals surface area (Å²) in [5.41, 5.74) is 3.02. The number of benzene rings is 1. The van der Waals surface area contributed by atoms with E-state index in [0.29, 0.717) is 6.04 Å². The molecule has 2 nitrogen and oxygen atoms in total. The molecular weight excluding hydrogens is 246 g/mol. The molecule has 1 aliphatic rings. The first-order valence-corrected chi connectivity index (χ1v) is 8.21.